The SMILES string of the molecule is CCCCCCCCCCCCCCCC(=O)N/N=C/c1c(OC(=O)c2ccccc2)ccc2ccccc12. The smallest absolute Gasteiger partial charge is 0.343 e. The molecular weight excluding hydrogens is 484 g/mol. The zero-order valence-electron chi connectivity index (χ0n) is 23.5. The van der Waals surface area contributed by atoms with Crippen LogP contribution in [0.2, 0.25) is 0 Å². The second-order valence-electron chi connectivity index (χ2n) is 10.2. The van der Waals surface area contributed by atoms with E-state index in [0.717, 1.165) is 23.6 Å². The molecule has 1 amide bonds. The largest absolute Gasteiger partial charge is 0.422 e. The predicted molar refractivity (Wildman–Crippen MR) is 161 cm³/mol. The molecule has 0 unspecified atom stereocenters. The van der Waals surface area contributed by atoms with Crippen LogP contribution in [0.1, 0.15) is 113 Å². The lowest BCUT2D eigenvalue weighted by Crippen LogP contribution is -2.17. The molecule has 39 heavy (non-hydrogen) atoms. The van der Waals surface area contributed by atoms with Crippen molar-refractivity contribution in [1.29, 1.82) is 0 Å². The standard InChI is InChI=1S/C34H44N2O3/c1-2-3-4-5-6-7-8-9-10-11-12-13-17-24-33(37)36-35-27-31-30-23-19-18-20-28(30)25-26-32(31)39-34(38)29-21-15-14-16-22-29/h14-16,18-23,25-27H,2-13,17,24H2,1H3,(H,36,37)/b35-27+. The van der Waals surface area contributed by atoms with Crippen LogP contribution in [-0.2, 0) is 4.79 Å². The van der Waals surface area contributed by atoms with Crippen LogP contribution >= 0.6 is 0 Å². The second kappa shape index (κ2) is 17.9. The van der Waals surface area contributed by atoms with Crippen molar-refractivity contribution < 1.29 is 14.3 Å². The second-order valence-corrected chi connectivity index (χ2v) is 10.2. The highest BCUT2D eigenvalue weighted by atomic mass is 16.5. The Kier molecular flexibility index (Phi) is 13.8. The number of carbonyl (C=O) groups is 2. The lowest BCUT2D eigenvalue weighted by molar-refractivity contribution is -0.121. The van der Waals surface area contributed by atoms with Gasteiger partial charge >= 0.3 is 5.97 Å². The number of fused-ring (bicyclic) bond motifs is 1. The molecule has 5 nitrogen and oxygen atoms in total. The Bertz CT molecular complexity index is 1170. The average Bonchev–Trinajstić information content (AvgIpc) is 2.96. The van der Waals surface area contributed by atoms with Crippen LogP contribution in [0, 0.1) is 0 Å². The molecule has 0 bridgehead atoms. The molecule has 0 spiro atoms. The van der Waals surface area contributed by atoms with E-state index in [4.69, 9.17) is 4.74 Å². The van der Waals surface area contributed by atoms with E-state index in [0.29, 0.717) is 23.3 Å². The number of unbranched alkanes of at least 4 members (excludes halogenated alkanes) is 12. The molecule has 208 valence electrons. The number of hydrogen-bond acceptors (Lipinski definition) is 4. The number of amides is 1. The molecule has 0 heterocycles. The summed E-state index contributed by atoms with van der Waals surface area (Å²) in [6.07, 6.45) is 18.6. The summed E-state index contributed by atoms with van der Waals surface area (Å²) in [5, 5.41) is 6.09. The van der Waals surface area contributed by atoms with Crippen LogP contribution in [0.25, 0.3) is 10.8 Å². The summed E-state index contributed by atoms with van der Waals surface area (Å²) < 4.78 is 5.71. The molecule has 3 aromatic carbocycles. The van der Waals surface area contributed by atoms with Gasteiger partial charge in [-0.05, 0) is 35.4 Å². The van der Waals surface area contributed by atoms with Crippen molar-refractivity contribution >= 4 is 28.9 Å². The number of carbonyl (C=O) groups excluding carboxylic acids is 2. The fourth-order valence-electron chi connectivity index (χ4n) is 4.76. The normalized spacial score (nSPS) is 11.2. The minimum absolute atomic E-state index is 0.0996. The van der Waals surface area contributed by atoms with Gasteiger partial charge in [0, 0.05) is 12.0 Å². The first-order valence-corrected chi connectivity index (χ1v) is 14.8. The summed E-state index contributed by atoms with van der Waals surface area (Å²) in [4.78, 5) is 25.0. The van der Waals surface area contributed by atoms with Gasteiger partial charge in [0.1, 0.15) is 5.75 Å². The lowest BCUT2D eigenvalue weighted by atomic mass is 10.0. The number of hydrogen-bond donors (Lipinski definition) is 1. The van der Waals surface area contributed by atoms with E-state index in [1.807, 2.05) is 36.4 Å². The summed E-state index contributed by atoms with van der Waals surface area (Å²) in [7, 11) is 0. The molecular formula is C34H44N2O3. The van der Waals surface area contributed by atoms with Crippen LogP contribution < -0.4 is 10.2 Å². The molecule has 0 aliphatic heterocycles. The van der Waals surface area contributed by atoms with Crippen molar-refractivity contribution in [3.8, 4) is 5.75 Å². The molecule has 0 aromatic heterocycles. The minimum atomic E-state index is -0.438. The Morgan fingerprint density at radius 1 is 0.718 bits per heavy atom. The maximum Gasteiger partial charge on any atom is 0.343 e. The monoisotopic (exact) mass is 528 g/mol. The van der Waals surface area contributed by atoms with Crippen molar-refractivity contribution in [2.45, 2.75) is 96.8 Å². The Balaban J connectivity index is 1.39. The van der Waals surface area contributed by atoms with E-state index < -0.39 is 5.97 Å². The third kappa shape index (κ3) is 11.0. The average molecular weight is 529 g/mol. The predicted octanol–water partition coefficient (Wildman–Crippen LogP) is 8.99. The van der Waals surface area contributed by atoms with Gasteiger partial charge in [-0.3, -0.25) is 4.79 Å². The highest BCUT2D eigenvalue weighted by Gasteiger charge is 2.13. The number of rotatable bonds is 18. The highest BCUT2D eigenvalue weighted by Crippen LogP contribution is 2.27. The summed E-state index contributed by atoms with van der Waals surface area (Å²) in [5.41, 5.74) is 3.76. The van der Waals surface area contributed by atoms with Gasteiger partial charge in [0.05, 0.1) is 11.8 Å². The van der Waals surface area contributed by atoms with Gasteiger partial charge in [-0.1, -0.05) is 133 Å². The van der Waals surface area contributed by atoms with Gasteiger partial charge in [-0.15, -0.1) is 0 Å². The third-order valence-electron chi connectivity index (χ3n) is 7.03. The Hall–Kier alpha value is -3.47. The third-order valence-corrected chi connectivity index (χ3v) is 7.03. The zero-order chi connectivity index (χ0) is 27.5. The van der Waals surface area contributed by atoms with Crippen molar-refractivity contribution in [2.75, 3.05) is 0 Å². The summed E-state index contributed by atoms with van der Waals surface area (Å²) in [6.45, 7) is 2.26. The van der Waals surface area contributed by atoms with Gasteiger partial charge in [0.15, 0.2) is 0 Å². The maximum atomic E-state index is 12.7. The number of esters is 1. The number of nitrogens with zero attached hydrogens (tertiary/aromatic N) is 1. The van der Waals surface area contributed by atoms with Crippen molar-refractivity contribution in [1.82, 2.24) is 5.43 Å². The van der Waals surface area contributed by atoms with E-state index in [2.05, 4.69) is 17.5 Å². The lowest BCUT2D eigenvalue weighted by Gasteiger charge is -2.10. The molecule has 0 fully saturated rings. The Morgan fingerprint density at radius 3 is 1.97 bits per heavy atom. The Morgan fingerprint density at radius 2 is 1.31 bits per heavy atom. The molecule has 0 aliphatic rings. The topological polar surface area (TPSA) is 67.8 Å². The van der Waals surface area contributed by atoms with E-state index in [1.165, 1.54) is 70.6 Å². The first-order chi connectivity index (χ1) is 19.2. The van der Waals surface area contributed by atoms with Crippen molar-refractivity contribution in [3.63, 3.8) is 0 Å². The molecule has 3 aromatic rings. The van der Waals surface area contributed by atoms with Crippen LogP contribution in [0.15, 0.2) is 71.8 Å². The van der Waals surface area contributed by atoms with Gasteiger partial charge in [-0.25, -0.2) is 10.2 Å². The van der Waals surface area contributed by atoms with Gasteiger partial charge in [0.2, 0.25) is 5.91 Å². The van der Waals surface area contributed by atoms with Crippen LogP contribution in [-0.4, -0.2) is 18.1 Å². The van der Waals surface area contributed by atoms with Crippen LogP contribution in [0.4, 0.5) is 0 Å². The quantitative estimate of drug-likeness (QED) is 0.0589. The van der Waals surface area contributed by atoms with Gasteiger partial charge < -0.3 is 4.74 Å². The molecule has 0 aliphatic carbocycles. The number of hydrazone groups is 1. The van der Waals surface area contributed by atoms with E-state index in [-0.39, 0.29) is 5.91 Å². The molecule has 1 N–H and O–H groups in total. The molecule has 0 saturated carbocycles. The number of nitrogens with one attached hydrogen (secondary N) is 1. The van der Waals surface area contributed by atoms with Crippen molar-refractivity contribution in [3.05, 3.63) is 77.9 Å². The van der Waals surface area contributed by atoms with E-state index >= 15 is 0 Å². The fraction of sp³-hybridized carbons (Fsp3) is 0.441. The molecule has 5 heteroatoms. The molecule has 0 radical (unpaired) electrons. The van der Waals surface area contributed by atoms with Gasteiger partial charge in [-0.2, -0.15) is 5.10 Å². The van der Waals surface area contributed by atoms with E-state index in [9.17, 15) is 9.59 Å². The molecule has 0 saturated heterocycles. The zero-order valence-corrected chi connectivity index (χ0v) is 23.5. The number of benzene rings is 3. The molecule has 3 rings (SSSR count). The Labute approximate surface area is 234 Å². The summed E-state index contributed by atoms with van der Waals surface area (Å²) in [6, 6.07) is 20.4. The van der Waals surface area contributed by atoms with Crippen LogP contribution in [0.3, 0.4) is 0 Å². The highest BCUT2D eigenvalue weighted by molar-refractivity contribution is 6.04. The van der Waals surface area contributed by atoms with Gasteiger partial charge in [0.25, 0.3) is 0 Å². The minimum Gasteiger partial charge on any atom is -0.422 e. The first-order valence-electron chi connectivity index (χ1n) is 14.8. The first kappa shape index (κ1) is 30.1. The fourth-order valence-corrected chi connectivity index (χ4v) is 4.76. The number of ether oxygens (including phenoxy) is 1. The summed E-state index contributed by atoms with van der Waals surface area (Å²) in [5.74, 6) is -0.138. The maximum absolute atomic E-state index is 12.7. The van der Waals surface area contributed by atoms with Crippen LogP contribution in [0.5, 0.6) is 5.75 Å². The molecule has 0 atom stereocenters. The summed E-state index contributed by atoms with van der Waals surface area (Å²) >= 11 is 0. The van der Waals surface area contributed by atoms with E-state index in [1.54, 1.807) is 36.5 Å². The van der Waals surface area contributed by atoms with Crippen molar-refractivity contribution in [2.24, 2.45) is 5.10 Å².